The first kappa shape index (κ1) is 16.1. The summed E-state index contributed by atoms with van der Waals surface area (Å²) >= 11 is 0. The molecular weight excluding hydrogens is 309 g/mol. The van der Waals surface area contributed by atoms with E-state index in [9.17, 15) is 21.6 Å². The van der Waals surface area contributed by atoms with E-state index >= 15 is 0 Å². The van der Waals surface area contributed by atoms with Crippen LogP contribution in [0, 0.1) is 0 Å². The predicted molar refractivity (Wildman–Crippen MR) is 69.4 cm³/mol. The van der Waals surface area contributed by atoms with Crippen LogP contribution in [0.1, 0.15) is 0 Å². The number of piperazine rings is 1. The van der Waals surface area contributed by atoms with E-state index in [1.807, 2.05) is 0 Å². The molecule has 0 radical (unpaired) electrons. The second-order valence-electron chi connectivity index (χ2n) is 4.79. The molecule has 0 spiro atoms. The van der Waals surface area contributed by atoms with Crippen LogP contribution in [0.25, 0.3) is 0 Å². The number of benzene rings is 1. The van der Waals surface area contributed by atoms with Gasteiger partial charge in [0.25, 0.3) is 0 Å². The summed E-state index contributed by atoms with van der Waals surface area (Å²) in [6.07, 6.45) is -4.28. The van der Waals surface area contributed by atoms with E-state index in [1.54, 1.807) is 0 Å². The van der Waals surface area contributed by atoms with Gasteiger partial charge in [0, 0.05) is 26.2 Å². The number of halogens is 3. The highest BCUT2D eigenvalue weighted by Crippen LogP contribution is 2.22. The number of phenolic OH excluding ortho intramolecular Hbond substituents is 1. The van der Waals surface area contributed by atoms with E-state index in [-0.39, 0.29) is 36.8 Å². The van der Waals surface area contributed by atoms with Crippen molar-refractivity contribution in [3.8, 4) is 5.75 Å². The first-order valence-corrected chi connectivity index (χ1v) is 7.71. The van der Waals surface area contributed by atoms with Crippen LogP contribution in [0.4, 0.5) is 13.2 Å². The van der Waals surface area contributed by atoms with Gasteiger partial charge < -0.3 is 5.11 Å². The molecular formula is C12H15F3N2O3S. The highest BCUT2D eigenvalue weighted by molar-refractivity contribution is 7.89. The number of nitrogens with zero attached hydrogens (tertiary/aromatic N) is 2. The van der Waals surface area contributed by atoms with E-state index in [2.05, 4.69) is 0 Å². The van der Waals surface area contributed by atoms with Gasteiger partial charge in [-0.05, 0) is 24.3 Å². The molecule has 0 aliphatic carbocycles. The van der Waals surface area contributed by atoms with Crippen LogP contribution in [0.5, 0.6) is 5.75 Å². The number of rotatable bonds is 3. The lowest BCUT2D eigenvalue weighted by Crippen LogP contribution is -2.50. The maximum atomic E-state index is 12.3. The summed E-state index contributed by atoms with van der Waals surface area (Å²) in [5, 5.41) is 9.15. The van der Waals surface area contributed by atoms with Crippen molar-refractivity contribution in [2.45, 2.75) is 11.1 Å². The maximum Gasteiger partial charge on any atom is 0.401 e. The van der Waals surface area contributed by atoms with Crippen molar-refractivity contribution >= 4 is 10.0 Å². The molecule has 21 heavy (non-hydrogen) atoms. The largest absolute Gasteiger partial charge is 0.508 e. The molecule has 1 aromatic carbocycles. The number of sulfonamides is 1. The normalized spacial score (nSPS) is 18.8. The molecule has 1 heterocycles. The third-order valence-electron chi connectivity index (χ3n) is 3.21. The molecule has 1 aliphatic heterocycles. The zero-order valence-corrected chi connectivity index (χ0v) is 11.9. The van der Waals surface area contributed by atoms with Crippen molar-refractivity contribution in [3.05, 3.63) is 24.3 Å². The van der Waals surface area contributed by atoms with Gasteiger partial charge in [-0.2, -0.15) is 17.5 Å². The van der Waals surface area contributed by atoms with Gasteiger partial charge in [0.05, 0.1) is 11.4 Å². The highest BCUT2D eigenvalue weighted by atomic mass is 32.2. The number of aromatic hydroxyl groups is 1. The molecule has 1 saturated heterocycles. The van der Waals surface area contributed by atoms with Crippen molar-refractivity contribution in [2.75, 3.05) is 32.7 Å². The zero-order chi connectivity index (χ0) is 15.7. The molecule has 1 fully saturated rings. The van der Waals surface area contributed by atoms with Gasteiger partial charge in [0.15, 0.2) is 0 Å². The summed E-state index contributed by atoms with van der Waals surface area (Å²) in [5.41, 5.74) is 0. The van der Waals surface area contributed by atoms with Gasteiger partial charge in [0.2, 0.25) is 10.0 Å². The van der Waals surface area contributed by atoms with Crippen molar-refractivity contribution in [2.24, 2.45) is 0 Å². The molecule has 5 nitrogen and oxygen atoms in total. The standard InChI is InChI=1S/C12H15F3N2O3S/c13-12(14,15)9-16-5-7-17(8-6-16)21(19,20)11-3-1-10(18)2-4-11/h1-4,18H,5-9H2. The molecule has 0 bridgehead atoms. The lowest BCUT2D eigenvalue weighted by Gasteiger charge is -2.34. The van der Waals surface area contributed by atoms with Crippen LogP contribution in [0.3, 0.4) is 0 Å². The third-order valence-corrected chi connectivity index (χ3v) is 5.12. The maximum absolute atomic E-state index is 12.3. The Morgan fingerprint density at radius 2 is 1.57 bits per heavy atom. The first-order chi connectivity index (χ1) is 9.68. The minimum absolute atomic E-state index is 0.0132. The molecule has 0 atom stereocenters. The summed E-state index contributed by atoms with van der Waals surface area (Å²) in [6, 6.07) is 5.05. The topological polar surface area (TPSA) is 60.9 Å². The summed E-state index contributed by atoms with van der Waals surface area (Å²) in [5.74, 6) is -0.0519. The minimum atomic E-state index is -4.28. The van der Waals surface area contributed by atoms with Crippen LogP contribution >= 0.6 is 0 Å². The Morgan fingerprint density at radius 3 is 2.05 bits per heavy atom. The van der Waals surface area contributed by atoms with Gasteiger partial charge in [0.1, 0.15) is 5.75 Å². The van der Waals surface area contributed by atoms with Crippen molar-refractivity contribution in [1.82, 2.24) is 9.21 Å². The summed E-state index contributed by atoms with van der Waals surface area (Å²) in [4.78, 5) is 1.20. The quantitative estimate of drug-likeness (QED) is 0.909. The molecule has 9 heteroatoms. The fraction of sp³-hybridized carbons (Fsp3) is 0.500. The molecule has 0 aromatic heterocycles. The number of phenols is 1. The van der Waals surface area contributed by atoms with Crippen molar-refractivity contribution < 1.29 is 26.7 Å². The van der Waals surface area contributed by atoms with Gasteiger partial charge in [-0.15, -0.1) is 0 Å². The van der Waals surface area contributed by atoms with E-state index < -0.39 is 22.7 Å². The SMILES string of the molecule is O=S(=O)(c1ccc(O)cc1)N1CCN(CC(F)(F)F)CC1. The Morgan fingerprint density at radius 1 is 1.05 bits per heavy atom. The second-order valence-corrected chi connectivity index (χ2v) is 6.73. The Bertz CT molecular complexity index is 579. The average molecular weight is 324 g/mol. The smallest absolute Gasteiger partial charge is 0.401 e. The summed E-state index contributed by atoms with van der Waals surface area (Å²) < 4.78 is 62.6. The summed E-state index contributed by atoms with van der Waals surface area (Å²) in [7, 11) is -3.73. The predicted octanol–water partition coefficient (Wildman–Crippen LogP) is 1.26. The Hall–Kier alpha value is -1.32. The number of alkyl halides is 3. The highest BCUT2D eigenvalue weighted by Gasteiger charge is 2.34. The van der Waals surface area contributed by atoms with Crippen LogP contribution < -0.4 is 0 Å². The monoisotopic (exact) mass is 324 g/mol. The molecule has 1 aromatic rings. The molecule has 0 unspecified atom stereocenters. The van der Waals surface area contributed by atoms with Gasteiger partial charge in [-0.1, -0.05) is 0 Å². The van der Waals surface area contributed by atoms with Crippen LogP contribution in [-0.2, 0) is 10.0 Å². The minimum Gasteiger partial charge on any atom is -0.508 e. The molecule has 1 N–H and O–H groups in total. The van der Waals surface area contributed by atoms with Crippen LogP contribution in [0.2, 0.25) is 0 Å². The molecule has 118 valence electrons. The third kappa shape index (κ3) is 4.08. The lowest BCUT2D eigenvalue weighted by atomic mass is 10.3. The average Bonchev–Trinajstić information content (AvgIpc) is 2.38. The van der Waals surface area contributed by atoms with E-state index in [0.717, 1.165) is 4.31 Å². The molecule has 0 saturated carbocycles. The van der Waals surface area contributed by atoms with Crippen molar-refractivity contribution in [3.63, 3.8) is 0 Å². The number of hydrogen-bond acceptors (Lipinski definition) is 4. The Kier molecular flexibility index (Phi) is 4.45. The van der Waals surface area contributed by atoms with E-state index in [4.69, 9.17) is 5.11 Å². The van der Waals surface area contributed by atoms with Gasteiger partial charge >= 0.3 is 6.18 Å². The molecule has 1 aliphatic rings. The van der Waals surface area contributed by atoms with Gasteiger partial charge in [-0.25, -0.2) is 8.42 Å². The molecule has 0 amide bonds. The van der Waals surface area contributed by atoms with E-state index in [1.165, 1.54) is 29.2 Å². The van der Waals surface area contributed by atoms with Crippen molar-refractivity contribution in [1.29, 1.82) is 0 Å². The molecule has 2 rings (SSSR count). The Balaban J connectivity index is 2.03. The van der Waals surface area contributed by atoms with Crippen LogP contribution in [0.15, 0.2) is 29.2 Å². The van der Waals surface area contributed by atoms with E-state index in [0.29, 0.717) is 0 Å². The van der Waals surface area contributed by atoms with Crippen LogP contribution in [-0.4, -0.2) is 61.6 Å². The Labute approximate surface area is 120 Å². The fourth-order valence-corrected chi connectivity index (χ4v) is 3.57. The zero-order valence-electron chi connectivity index (χ0n) is 11.0. The lowest BCUT2D eigenvalue weighted by molar-refractivity contribution is -0.148. The first-order valence-electron chi connectivity index (χ1n) is 6.27. The summed E-state index contributed by atoms with van der Waals surface area (Å²) in [6.45, 7) is -0.924. The fourth-order valence-electron chi connectivity index (χ4n) is 2.15. The van der Waals surface area contributed by atoms with Gasteiger partial charge in [-0.3, -0.25) is 4.90 Å². The number of hydrogen-bond donors (Lipinski definition) is 1. The second kappa shape index (κ2) is 5.82.